The Morgan fingerprint density at radius 1 is 1.26 bits per heavy atom. The topological polar surface area (TPSA) is 64.8 Å². The maximum Gasteiger partial charge on any atom is 0.161 e. The first-order chi connectivity index (χ1) is 11.2. The summed E-state index contributed by atoms with van der Waals surface area (Å²) in [5.41, 5.74) is 2.39. The van der Waals surface area contributed by atoms with Gasteiger partial charge in [-0.05, 0) is 49.6 Å². The fraction of sp³-hybridized carbons (Fsp3) is 0.353. The number of nitrogens with one attached hydrogen (secondary N) is 1. The third-order valence-corrected chi connectivity index (χ3v) is 4.16. The average Bonchev–Trinajstić information content (AvgIpc) is 3.08. The van der Waals surface area contributed by atoms with E-state index >= 15 is 0 Å². The van der Waals surface area contributed by atoms with Crippen LogP contribution in [0.5, 0.6) is 0 Å². The van der Waals surface area contributed by atoms with E-state index in [1.165, 1.54) is 12.8 Å². The fourth-order valence-corrected chi connectivity index (χ4v) is 2.89. The van der Waals surface area contributed by atoms with Crippen molar-refractivity contribution in [2.24, 2.45) is 0 Å². The van der Waals surface area contributed by atoms with Gasteiger partial charge in [0, 0.05) is 25.3 Å². The maximum absolute atomic E-state index is 8.98. The zero-order valence-corrected chi connectivity index (χ0v) is 13.8. The number of pyridine rings is 2. The smallest absolute Gasteiger partial charge is 0.161 e. The number of nitrogens with zero attached hydrogens (tertiary/aromatic N) is 4. The second-order valence-corrected chi connectivity index (χ2v) is 6.07. The SMILES string of the molecule is Cc1cc(CNc2ccc(Cl)c(C#N)n2)cc(N2CCCC2)n1. The molecular formula is C17H18ClN5. The van der Waals surface area contributed by atoms with Crippen molar-refractivity contribution in [1.82, 2.24) is 9.97 Å². The van der Waals surface area contributed by atoms with Gasteiger partial charge >= 0.3 is 0 Å². The number of rotatable bonds is 4. The lowest BCUT2D eigenvalue weighted by Crippen LogP contribution is -2.19. The number of hydrogen-bond acceptors (Lipinski definition) is 5. The summed E-state index contributed by atoms with van der Waals surface area (Å²) in [6.45, 7) is 4.79. The van der Waals surface area contributed by atoms with Gasteiger partial charge in [0.05, 0.1) is 5.02 Å². The molecular weight excluding hydrogens is 310 g/mol. The van der Waals surface area contributed by atoms with Crippen LogP contribution in [-0.2, 0) is 6.54 Å². The summed E-state index contributed by atoms with van der Waals surface area (Å²) in [6.07, 6.45) is 2.46. The molecule has 0 bridgehead atoms. The van der Waals surface area contributed by atoms with E-state index in [0.29, 0.717) is 17.4 Å². The van der Waals surface area contributed by atoms with Crippen molar-refractivity contribution in [3.8, 4) is 6.07 Å². The van der Waals surface area contributed by atoms with Crippen LogP contribution in [0.3, 0.4) is 0 Å². The molecule has 118 valence electrons. The van der Waals surface area contributed by atoms with Crippen molar-refractivity contribution in [2.45, 2.75) is 26.3 Å². The van der Waals surface area contributed by atoms with Crippen molar-refractivity contribution in [1.29, 1.82) is 5.26 Å². The van der Waals surface area contributed by atoms with Crippen LogP contribution in [0.15, 0.2) is 24.3 Å². The van der Waals surface area contributed by atoms with Gasteiger partial charge < -0.3 is 10.2 Å². The molecule has 0 saturated carbocycles. The minimum absolute atomic E-state index is 0.236. The van der Waals surface area contributed by atoms with Crippen LogP contribution >= 0.6 is 11.6 Å². The second-order valence-electron chi connectivity index (χ2n) is 5.66. The Bertz CT molecular complexity index is 747. The molecule has 2 aromatic heterocycles. The van der Waals surface area contributed by atoms with Crippen molar-refractivity contribution in [3.63, 3.8) is 0 Å². The normalized spacial score (nSPS) is 13.9. The molecule has 6 heteroatoms. The van der Waals surface area contributed by atoms with Gasteiger partial charge in [0.25, 0.3) is 0 Å². The fourth-order valence-electron chi connectivity index (χ4n) is 2.74. The number of aryl methyl sites for hydroxylation is 1. The zero-order valence-electron chi connectivity index (χ0n) is 13.0. The molecule has 23 heavy (non-hydrogen) atoms. The van der Waals surface area contributed by atoms with E-state index < -0.39 is 0 Å². The van der Waals surface area contributed by atoms with Crippen molar-refractivity contribution in [3.05, 3.63) is 46.2 Å². The van der Waals surface area contributed by atoms with Crippen LogP contribution in [0, 0.1) is 18.3 Å². The third kappa shape index (κ3) is 3.72. The highest BCUT2D eigenvalue weighted by atomic mass is 35.5. The Labute approximate surface area is 140 Å². The summed E-state index contributed by atoms with van der Waals surface area (Å²) in [5, 5.41) is 12.6. The molecule has 3 rings (SSSR count). The Morgan fingerprint density at radius 2 is 2.04 bits per heavy atom. The van der Waals surface area contributed by atoms with Crippen LogP contribution < -0.4 is 10.2 Å². The van der Waals surface area contributed by atoms with E-state index in [-0.39, 0.29) is 5.69 Å². The van der Waals surface area contributed by atoms with Gasteiger partial charge in [-0.3, -0.25) is 0 Å². The molecule has 0 aromatic carbocycles. The van der Waals surface area contributed by atoms with Gasteiger partial charge in [-0.2, -0.15) is 5.26 Å². The molecule has 1 saturated heterocycles. The number of nitriles is 1. The Morgan fingerprint density at radius 3 is 2.78 bits per heavy atom. The largest absolute Gasteiger partial charge is 0.366 e. The molecule has 1 aliphatic rings. The first kappa shape index (κ1) is 15.6. The predicted octanol–water partition coefficient (Wildman–Crippen LogP) is 3.52. The van der Waals surface area contributed by atoms with Crippen LogP contribution in [0.25, 0.3) is 0 Å². The second kappa shape index (κ2) is 6.84. The standard InChI is InChI=1S/C17H18ClN5/c1-12-8-13(9-17(21-12)23-6-2-3-7-23)11-20-16-5-4-14(18)15(10-19)22-16/h4-5,8-9H,2-3,6-7,11H2,1H3,(H,20,22). The van der Waals surface area contributed by atoms with E-state index in [2.05, 4.69) is 32.3 Å². The minimum Gasteiger partial charge on any atom is -0.366 e. The summed E-state index contributed by atoms with van der Waals surface area (Å²) in [7, 11) is 0. The highest BCUT2D eigenvalue weighted by molar-refractivity contribution is 6.31. The molecule has 0 unspecified atom stereocenters. The number of halogens is 1. The van der Waals surface area contributed by atoms with E-state index in [9.17, 15) is 0 Å². The zero-order chi connectivity index (χ0) is 16.2. The Hall–Kier alpha value is -2.32. The monoisotopic (exact) mass is 327 g/mol. The lowest BCUT2D eigenvalue weighted by molar-refractivity contribution is 0.921. The summed E-state index contributed by atoms with van der Waals surface area (Å²) >= 11 is 5.90. The molecule has 3 heterocycles. The third-order valence-electron chi connectivity index (χ3n) is 3.86. The highest BCUT2D eigenvalue weighted by Crippen LogP contribution is 2.21. The van der Waals surface area contributed by atoms with Gasteiger partial charge in [0.1, 0.15) is 17.7 Å². The molecule has 0 spiro atoms. The number of aromatic nitrogens is 2. The molecule has 0 radical (unpaired) electrons. The molecule has 1 aliphatic heterocycles. The van der Waals surface area contributed by atoms with E-state index in [0.717, 1.165) is 30.2 Å². The van der Waals surface area contributed by atoms with E-state index in [4.69, 9.17) is 16.9 Å². The summed E-state index contributed by atoms with van der Waals surface area (Å²) < 4.78 is 0. The lowest BCUT2D eigenvalue weighted by Gasteiger charge is -2.18. The minimum atomic E-state index is 0.236. The highest BCUT2D eigenvalue weighted by Gasteiger charge is 2.14. The van der Waals surface area contributed by atoms with Crippen LogP contribution in [0.2, 0.25) is 5.02 Å². The van der Waals surface area contributed by atoms with Crippen molar-refractivity contribution in [2.75, 3.05) is 23.3 Å². The van der Waals surface area contributed by atoms with Gasteiger partial charge in [0.15, 0.2) is 5.69 Å². The van der Waals surface area contributed by atoms with Crippen molar-refractivity contribution < 1.29 is 0 Å². The van der Waals surface area contributed by atoms with Crippen LogP contribution in [0.4, 0.5) is 11.6 Å². The molecule has 0 amide bonds. The van der Waals surface area contributed by atoms with Gasteiger partial charge in [-0.15, -0.1) is 0 Å². The quantitative estimate of drug-likeness (QED) is 0.930. The summed E-state index contributed by atoms with van der Waals surface area (Å²) in [4.78, 5) is 11.2. The lowest BCUT2D eigenvalue weighted by atomic mass is 10.2. The Balaban J connectivity index is 1.74. The van der Waals surface area contributed by atoms with Crippen molar-refractivity contribution >= 4 is 23.2 Å². The van der Waals surface area contributed by atoms with Crippen LogP contribution in [-0.4, -0.2) is 23.1 Å². The first-order valence-electron chi connectivity index (χ1n) is 7.69. The first-order valence-corrected chi connectivity index (χ1v) is 8.06. The molecule has 1 N–H and O–H groups in total. The van der Waals surface area contributed by atoms with Gasteiger partial charge in [-0.1, -0.05) is 11.6 Å². The molecule has 2 aromatic rings. The molecule has 0 atom stereocenters. The van der Waals surface area contributed by atoms with Gasteiger partial charge in [-0.25, -0.2) is 9.97 Å². The van der Waals surface area contributed by atoms with Crippen LogP contribution in [0.1, 0.15) is 29.8 Å². The van der Waals surface area contributed by atoms with E-state index in [1.807, 2.05) is 13.0 Å². The number of anilines is 2. The number of hydrogen-bond donors (Lipinski definition) is 1. The van der Waals surface area contributed by atoms with Gasteiger partial charge in [0.2, 0.25) is 0 Å². The average molecular weight is 328 g/mol. The molecule has 1 fully saturated rings. The maximum atomic E-state index is 8.98. The molecule has 5 nitrogen and oxygen atoms in total. The Kier molecular flexibility index (Phi) is 4.63. The summed E-state index contributed by atoms with van der Waals surface area (Å²) in [5.74, 6) is 1.68. The summed E-state index contributed by atoms with van der Waals surface area (Å²) in [6, 6.07) is 9.63. The van der Waals surface area contributed by atoms with E-state index in [1.54, 1.807) is 12.1 Å². The predicted molar refractivity (Wildman–Crippen MR) is 91.7 cm³/mol. The molecule has 0 aliphatic carbocycles.